The monoisotopic (exact) mass is 330 g/mol. The van der Waals surface area contributed by atoms with Crippen molar-refractivity contribution in [1.82, 2.24) is 9.80 Å². The summed E-state index contributed by atoms with van der Waals surface area (Å²) in [4.78, 5) is 26.7. The zero-order chi connectivity index (χ0) is 17.3. The lowest BCUT2D eigenvalue weighted by atomic mass is 9.74. The van der Waals surface area contributed by atoms with E-state index in [9.17, 15) is 19.8 Å². The van der Waals surface area contributed by atoms with Gasteiger partial charge in [-0.3, -0.25) is 9.80 Å². The van der Waals surface area contributed by atoms with Gasteiger partial charge < -0.3 is 10.2 Å². The predicted octanol–water partition coefficient (Wildman–Crippen LogP) is 2.27. The van der Waals surface area contributed by atoms with Crippen molar-refractivity contribution in [2.45, 2.75) is 31.5 Å². The third kappa shape index (κ3) is 2.57. The number of hydrogen-bond donors (Lipinski definition) is 2. The first-order chi connectivity index (χ1) is 11.5. The summed E-state index contributed by atoms with van der Waals surface area (Å²) < 4.78 is 0. The number of likely N-dealkylation sites (tertiary alicyclic amines) is 2. The molecule has 2 N–H and O–H groups in total. The number of rotatable bonds is 5. The Hall–Kier alpha value is -2.34. The Balaban J connectivity index is 1.92. The number of hydrogen-bond acceptors (Lipinski definition) is 3. The van der Waals surface area contributed by atoms with E-state index in [0.29, 0.717) is 19.4 Å². The van der Waals surface area contributed by atoms with Crippen molar-refractivity contribution in [2.24, 2.45) is 5.41 Å². The molecular formula is C18H22N2O4. The van der Waals surface area contributed by atoms with E-state index in [2.05, 4.69) is 11.5 Å². The zero-order valence-electron chi connectivity index (χ0n) is 13.5. The van der Waals surface area contributed by atoms with E-state index >= 15 is 0 Å². The molecule has 6 nitrogen and oxygen atoms in total. The van der Waals surface area contributed by atoms with Crippen LogP contribution in [-0.2, 0) is 11.3 Å². The van der Waals surface area contributed by atoms with Gasteiger partial charge in [-0.05, 0) is 24.9 Å². The van der Waals surface area contributed by atoms with Gasteiger partial charge in [0.2, 0.25) is 0 Å². The van der Waals surface area contributed by atoms with Gasteiger partial charge in [0.05, 0.1) is 0 Å². The lowest BCUT2D eigenvalue weighted by molar-refractivity contribution is -0.145. The Labute approximate surface area is 141 Å². The van der Waals surface area contributed by atoms with Crippen LogP contribution in [0.25, 0.3) is 0 Å². The van der Waals surface area contributed by atoms with Gasteiger partial charge >= 0.3 is 12.1 Å². The fourth-order valence-electron chi connectivity index (χ4n) is 4.45. The first kappa shape index (κ1) is 16.5. The van der Waals surface area contributed by atoms with E-state index in [1.807, 2.05) is 30.3 Å². The van der Waals surface area contributed by atoms with Gasteiger partial charge in [0, 0.05) is 24.5 Å². The maximum atomic E-state index is 11.8. The molecule has 0 radical (unpaired) electrons. The van der Waals surface area contributed by atoms with E-state index in [4.69, 9.17) is 0 Å². The van der Waals surface area contributed by atoms with Crippen molar-refractivity contribution in [3.05, 3.63) is 48.6 Å². The molecule has 3 rings (SSSR count). The second-order valence-corrected chi connectivity index (χ2v) is 6.62. The van der Waals surface area contributed by atoms with Gasteiger partial charge in [-0.2, -0.15) is 0 Å². The second-order valence-electron chi connectivity index (χ2n) is 6.62. The number of carboxylic acids is 1. The summed E-state index contributed by atoms with van der Waals surface area (Å²) in [6.45, 7) is 5.47. The molecule has 1 amide bonds. The molecule has 1 aromatic carbocycles. The molecule has 2 heterocycles. The molecule has 0 aliphatic carbocycles. The van der Waals surface area contributed by atoms with Gasteiger partial charge in [-0.1, -0.05) is 36.4 Å². The fourth-order valence-corrected chi connectivity index (χ4v) is 4.45. The summed E-state index contributed by atoms with van der Waals surface area (Å²) in [5, 5.41) is 19.2. The van der Waals surface area contributed by atoms with Crippen LogP contribution in [0.3, 0.4) is 0 Å². The molecule has 2 unspecified atom stereocenters. The molecule has 1 aromatic rings. The maximum Gasteiger partial charge on any atom is 0.408 e. The van der Waals surface area contributed by atoms with Crippen molar-refractivity contribution in [3.8, 4) is 0 Å². The summed E-state index contributed by atoms with van der Waals surface area (Å²) in [6.07, 6.45) is 1.72. The minimum Gasteiger partial charge on any atom is -0.480 e. The predicted molar refractivity (Wildman–Crippen MR) is 88.7 cm³/mol. The highest BCUT2D eigenvalue weighted by molar-refractivity contribution is 5.81. The third-order valence-corrected chi connectivity index (χ3v) is 5.43. The number of nitrogens with zero attached hydrogens (tertiary/aromatic N) is 2. The van der Waals surface area contributed by atoms with Crippen LogP contribution in [0.15, 0.2) is 43.0 Å². The van der Waals surface area contributed by atoms with Crippen molar-refractivity contribution in [1.29, 1.82) is 0 Å². The van der Waals surface area contributed by atoms with Crippen molar-refractivity contribution in [3.63, 3.8) is 0 Å². The SMILES string of the molecule is C=CCC12CCN(Cc3ccccc3)C1CN(C(=O)O)[C@@H]2C(=O)O. The largest absolute Gasteiger partial charge is 0.480 e. The topological polar surface area (TPSA) is 81.1 Å². The molecule has 2 aliphatic heterocycles. The number of benzene rings is 1. The van der Waals surface area contributed by atoms with E-state index in [1.54, 1.807) is 6.08 Å². The van der Waals surface area contributed by atoms with Crippen molar-refractivity contribution < 1.29 is 19.8 Å². The van der Waals surface area contributed by atoms with Gasteiger partial charge in [-0.15, -0.1) is 6.58 Å². The number of aliphatic carboxylic acids is 1. The molecule has 2 saturated heterocycles. The molecule has 0 aromatic heterocycles. The number of carboxylic acid groups (broad SMARTS) is 2. The fraction of sp³-hybridized carbons (Fsp3) is 0.444. The lowest BCUT2D eigenvalue weighted by Crippen LogP contribution is -2.48. The summed E-state index contributed by atoms with van der Waals surface area (Å²) in [5.41, 5.74) is 0.549. The van der Waals surface area contributed by atoms with E-state index in [1.165, 1.54) is 0 Å². The van der Waals surface area contributed by atoms with Crippen LogP contribution in [0.2, 0.25) is 0 Å². The van der Waals surface area contributed by atoms with Gasteiger partial charge in [0.25, 0.3) is 0 Å². The van der Waals surface area contributed by atoms with E-state index in [-0.39, 0.29) is 12.6 Å². The molecule has 2 aliphatic rings. The van der Waals surface area contributed by atoms with Crippen LogP contribution in [0.1, 0.15) is 18.4 Å². The third-order valence-electron chi connectivity index (χ3n) is 5.43. The minimum atomic E-state index is -1.17. The van der Waals surface area contributed by atoms with Crippen molar-refractivity contribution >= 4 is 12.1 Å². The summed E-state index contributed by atoms with van der Waals surface area (Å²) >= 11 is 0. The van der Waals surface area contributed by atoms with Crippen LogP contribution in [0.4, 0.5) is 4.79 Å². The van der Waals surface area contributed by atoms with Gasteiger partial charge in [0.1, 0.15) is 6.04 Å². The van der Waals surface area contributed by atoms with Crippen LogP contribution < -0.4 is 0 Å². The number of allylic oxidation sites excluding steroid dienone is 1. The minimum absolute atomic E-state index is 0.104. The maximum absolute atomic E-state index is 11.8. The van der Waals surface area contributed by atoms with E-state index in [0.717, 1.165) is 17.0 Å². The van der Waals surface area contributed by atoms with Gasteiger partial charge in [-0.25, -0.2) is 9.59 Å². The highest BCUT2D eigenvalue weighted by Crippen LogP contribution is 2.50. The Kier molecular flexibility index (Phi) is 4.32. The lowest BCUT2D eigenvalue weighted by Gasteiger charge is -2.33. The molecule has 128 valence electrons. The van der Waals surface area contributed by atoms with Crippen molar-refractivity contribution in [2.75, 3.05) is 13.1 Å². The Morgan fingerprint density at radius 2 is 2.00 bits per heavy atom. The average molecular weight is 330 g/mol. The molecule has 6 heteroatoms. The zero-order valence-corrected chi connectivity index (χ0v) is 13.5. The molecule has 2 fully saturated rings. The number of carbonyl (C=O) groups is 2. The molecule has 0 spiro atoms. The highest BCUT2D eigenvalue weighted by atomic mass is 16.4. The summed E-state index contributed by atoms with van der Waals surface area (Å²) in [5.74, 6) is -1.07. The number of amides is 1. The second kappa shape index (κ2) is 6.28. The van der Waals surface area contributed by atoms with Crippen LogP contribution in [0, 0.1) is 5.41 Å². The van der Waals surface area contributed by atoms with Crippen LogP contribution >= 0.6 is 0 Å². The Morgan fingerprint density at radius 3 is 2.58 bits per heavy atom. The molecular weight excluding hydrogens is 308 g/mol. The summed E-state index contributed by atoms with van der Waals surface area (Å²) in [7, 11) is 0. The molecule has 0 saturated carbocycles. The summed E-state index contributed by atoms with van der Waals surface area (Å²) in [6, 6.07) is 8.85. The smallest absolute Gasteiger partial charge is 0.408 e. The standard InChI is InChI=1S/C18H22N2O4/c1-2-8-18-9-10-19(11-13-6-4-3-5-7-13)14(18)12-20(17(23)24)15(18)16(21)22/h2-7,14-15H,1,8-12H2,(H,21,22)(H,23,24)/t14?,15-,18?/m1/s1. The molecule has 3 atom stereocenters. The first-order valence-corrected chi connectivity index (χ1v) is 8.11. The Bertz CT molecular complexity index is 648. The molecule has 24 heavy (non-hydrogen) atoms. The molecule has 0 bridgehead atoms. The number of fused-ring (bicyclic) bond motifs is 1. The quantitative estimate of drug-likeness (QED) is 0.810. The van der Waals surface area contributed by atoms with Crippen LogP contribution in [0.5, 0.6) is 0 Å². The van der Waals surface area contributed by atoms with E-state index < -0.39 is 23.5 Å². The van der Waals surface area contributed by atoms with Crippen LogP contribution in [-0.4, -0.2) is 57.2 Å². The normalized spacial score (nSPS) is 29.4. The average Bonchev–Trinajstić information content (AvgIpc) is 3.03. The highest BCUT2D eigenvalue weighted by Gasteiger charge is 2.62. The van der Waals surface area contributed by atoms with Gasteiger partial charge in [0.15, 0.2) is 0 Å². The Morgan fingerprint density at radius 1 is 1.29 bits per heavy atom. The first-order valence-electron chi connectivity index (χ1n) is 8.11.